The molecule has 3 nitrogen and oxygen atoms in total. The maximum Gasteiger partial charge on any atom is 0.157 e. The van der Waals surface area contributed by atoms with E-state index in [-0.39, 0.29) is 11.9 Å². The number of rotatable bonds is 4. The fourth-order valence-corrected chi connectivity index (χ4v) is 1.93. The van der Waals surface area contributed by atoms with Crippen molar-refractivity contribution in [3.63, 3.8) is 0 Å². The first kappa shape index (κ1) is 13.4. The van der Waals surface area contributed by atoms with Gasteiger partial charge in [-0.05, 0) is 30.5 Å². The van der Waals surface area contributed by atoms with E-state index in [1.165, 1.54) is 0 Å². The van der Waals surface area contributed by atoms with Crippen LogP contribution in [0, 0.1) is 11.6 Å². The van der Waals surface area contributed by atoms with Gasteiger partial charge in [0.25, 0.3) is 0 Å². The number of ether oxygens (including phenoxy) is 2. The quantitative estimate of drug-likeness (QED) is 0.902. The molecule has 0 aliphatic carbocycles. The highest BCUT2D eigenvalue weighted by atomic mass is 19.1. The smallest absolute Gasteiger partial charge is 0.157 e. The predicted molar refractivity (Wildman–Crippen MR) is 60.9 cm³/mol. The van der Waals surface area contributed by atoms with Crippen molar-refractivity contribution in [1.29, 1.82) is 0 Å². The fraction of sp³-hybridized carbons (Fsp3) is 0.538. The summed E-state index contributed by atoms with van der Waals surface area (Å²) in [5, 5.41) is 9.86. The maximum atomic E-state index is 13.0. The molecular weight excluding hydrogens is 242 g/mol. The molecule has 0 spiro atoms. The van der Waals surface area contributed by atoms with Crippen LogP contribution in [0.15, 0.2) is 18.2 Å². The Hall–Kier alpha value is -1.04. The molecule has 1 heterocycles. The SMILES string of the molecule is O[C@H](CCC1OCCCO1)c1cc(F)cc(F)c1. The molecule has 1 aliphatic heterocycles. The van der Waals surface area contributed by atoms with Gasteiger partial charge < -0.3 is 14.6 Å². The number of benzene rings is 1. The van der Waals surface area contributed by atoms with E-state index in [2.05, 4.69) is 0 Å². The Kier molecular flexibility index (Phi) is 4.63. The number of hydrogen-bond donors (Lipinski definition) is 1. The molecule has 0 unspecified atom stereocenters. The van der Waals surface area contributed by atoms with E-state index in [1.807, 2.05) is 0 Å². The minimum Gasteiger partial charge on any atom is -0.388 e. The Morgan fingerprint density at radius 3 is 2.39 bits per heavy atom. The third-order valence-electron chi connectivity index (χ3n) is 2.84. The Morgan fingerprint density at radius 1 is 1.17 bits per heavy atom. The van der Waals surface area contributed by atoms with Crippen LogP contribution in [0.4, 0.5) is 8.78 Å². The van der Waals surface area contributed by atoms with Crippen molar-refractivity contribution in [1.82, 2.24) is 0 Å². The zero-order chi connectivity index (χ0) is 13.0. The first-order chi connectivity index (χ1) is 8.65. The molecule has 18 heavy (non-hydrogen) atoms. The van der Waals surface area contributed by atoms with Gasteiger partial charge >= 0.3 is 0 Å². The zero-order valence-electron chi connectivity index (χ0n) is 9.94. The number of halogens is 2. The van der Waals surface area contributed by atoms with Gasteiger partial charge in [0.15, 0.2) is 6.29 Å². The Bertz CT molecular complexity index is 372. The van der Waals surface area contributed by atoms with Crippen molar-refractivity contribution < 1.29 is 23.4 Å². The van der Waals surface area contributed by atoms with Gasteiger partial charge in [-0.1, -0.05) is 0 Å². The van der Waals surface area contributed by atoms with E-state index >= 15 is 0 Å². The van der Waals surface area contributed by atoms with E-state index < -0.39 is 17.7 Å². The summed E-state index contributed by atoms with van der Waals surface area (Å²) in [6, 6.07) is 3.05. The van der Waals surface area contributed by atoms with Crippen LogP contribution < -0.4 is 0 Å². The minimum atomic E-state index is -0.913. The Morgan fingerprint density at radius 2 is 1.78 bits per heavy atom. The molecule has 0 bridgehead atoms. The van der Waals surface area contributed by atoms with Crippen LogP contribution in [0.3, 0.4) is 0 Å². The van der Waals surface area contributed by atoms with E-state index in [1.54, 1.807) is 0 Å². The average molecular weight is 258 g/mol. The summed E-state index contributed by atoms with van der Waals surface area (Å²) in [6.07, 6.45) is 0.470. The minimum absolute atomic E-state index is 0.239. The number of aliphatic hydroxyl groups is 1. The van der Waals surface area contributed by atoms with Crippen LogP contribution in [-0.4, -0.2) is 24.6 Å². The van der Waals surface area contributed by atoms with E-state index in [0.717, 1.165) is 24.6 Å². The number of aliphatic hydroxyl groups excluding tert-OH is 1. The lowest BCUT2D eigenvalue weighted by Gasteiger charge is -2.24. The third kappa shape index (κ3) is 3.73. The summed E-state index contributed by atoms with van der Waals surface area (Å²) < 4.78 is 36.6. The largest absolute Gasteiger partial charge is 0.388 e. The molecule has 1 saturated heterocycles. The molecule has 5 heteroatoms. The Labute approximate surface area is 104 Å². The molecule has 1 aromatic rings. The van der Waals surface area contributed by atoms with Gasteiger partial charge in [0, 0.05) is 12.5 Å². The van der Waals surface area contributed by atoms with Crippen molar-refractivity contribution in [3.8, 4) is 0 Å². The van der Waals surface area contributed by atoms with Gasteiger partial charge in [-0.2, -0.15) is 0 Å². The molecular formula is C13H16F2O3. The van der Waals surface area contributed by atoms with Gasteiger partial charge in [0.05, 0.1) is 19.3 Å². The van der Waals surface area contributed by atoms with Gasteiger partial charge in [0.1, 0.15) is 11.6 Å². The molecule has 100 valence electrons. The summed E-state index contributed by atoms with van der Waals surface area (Å²) >= 11 is 0. The van der Waals surface area contributed by atoms with Gasteiger partial charge in [-0.3, -0.25) is 0 Å². The molecule has 1 N–H and O–H groups in total. The summed E-state index contributed by atoms with van der Waals surface area (Å²) in [7, 11) is 0. The van der Waals surface area contributed by atoms with Crippen molar-refractivity contribution in [2.24, 2.45) is 0 Å². The normalized spacial score (nSPS) is 18.8. The van der Waals surface area contributed by atoms with Gasteiger partial charge in [-0.15, -0.1) is 0 Å². The molecule has 2 rings (SSSR count). The summed E-state index contributed by atoms with van der Waals surface area (Å²) in [6.45, 7) is 1.30. The first-order valence-corrected chi connectivity index (χ1v) is 6.02. The summed E-state index contributed by atoms with van der Waals surface area (Å²) in [4.78, 5) is 0. The monoisotopic (exact) mass is 258 g/mol. The second-order valence-corrected chi connectivity index (χ2v) is 4.32. The van der Waals surface area contributed by atoms with Crippen molar-refractivity contribution in [2.45, 2.75) is 31.7 Å². The highest BCUT2D eigenvalue weighted by Crippen LogP contribution is 2.23. The predicted octanol–water partition coefficient (Wildman–Crippen LogP) is 2.54. The lowest BCUT2D eigenvalue weighted by Crippen LogP contribution is -2.25. The lowest BCUT2D eigenvalue weighted by atomic mass is 10.0. The fourth-order valence-electron chi connectivity index (χ4n) is 1.93. The van der Waals surface area contributed by atoms with Gasteiger partial charge in [0.2, 0.25) is 0 Å². The Balaban J connectivity index is 1.88. The maximum absolute atomic E-state index is 13.0. The van der Waals surface area contributed by atoms with Crippen LogP contribution in [-0.2, 0) is 9.47 Å². The van der Waals surface area contributed by atoms with Crippen molar-refractivity contribution in [2.75, 3.05) is 13.2 Å². The molecule has 0 aromatic heterocycles. The van der Waals surface area contributed by atoms with Crippen LogP contribution >= 0.6 is 0 Å². The van der Waals surface area contributed by atoms with Crippen LogP contribution in [0.2, 0.25) is 0 Å². The molecule has 1 atom stereocenters. The van der Waals surface area contributed by atoms with Crippen LogP contribution in [0.5, 0.6) is 0 Å². The van der Waals surface area contributed by atoms with E-state index in [0.29, 0.717) is 26.1 Å². The van der Waals surface area contributed by atoms with Crippen molar-refractivity contribution >= 4 is 0 Å². The zero-order valence-corrected chi connectivity index (χ0v) is 9.94. The van der Waals surface area contributed by atoms with E-state index in [9.17, 15) is 13.9 Å². The molecule has 1 fully saturated rings. The standard InChI is InChI=1S/C13H16F2O3/c14-10-6-9(7-11(15)8-10)12(16)2-3-13-17-4-1-5-18-13/h6-8,12-13,16H,1-5H2/t12-/m1/s1. The molecule has 0 amide bonds. The second kappa shape index (κ2) is 6.22. The van der Waals surface area contributed by atoms with Crippen LogP contribution in [0.1, 0.15) is 30.9 Å². The molecule has 0 radical (unpaired) electrons. The second-order valence-electron chi connectivity index (χ2n) is 4.32. The number of hydrogen-bond acceptors (Lipinski definition) is 3. The first-order valence-electron chi connectivity index (χ1n) is 6.02. The summed E-state index contributed by atoms with van der Waals surface area (Å²) in [5.74, 6) is -1.37. The highest BCUT2D eigenvalue weighted by molar-refractivity contribution is 5.20. The topological polar surface area (TPSA) is 38.7 Å². The van der Waals surface area contributed by atoms with Crippen LogP contribution in [0.25, 0.3) is 0 Å². The average Bonchev–Trinajstić information content (AvgIpc) is 2.36. The highest BCUT2D eigenvalue weighted by Gasteiger charge is 2.17. The summed E-state index contributed by atoms with van der Waals surface area (Å²) in [5.41, 5.74) is 0.239. The van der Waals surface area contributed by atoms with Crippen molar-refractivity contribution in [3.05, 3.63) is 35.4 Å². The molecule has 0 saturated carbocycles. The molecule has 1 aliphatic rings. The van der Waals surface area contributed by atoms with Gasteiger partial charge in [-0.25, -0.2) is 8.78 Å². The van der Waals surface area contributed by atoms with E-state index in [4.69, 9.17) is 9.47 Å². The lowest BCUT2D eigenvalue weighted by molar-refractivity contribution is -0.183. The molecule has 1 aromatic carbocycles. The third-order valence-corrected chi connectivity index (χ3v) is 2.84.